The second kappa shape index (κ2) is 9.06. The van der Waals surface area contributed by atoms with Crippen LogP contribution in [-0.2, 0) is 19.5 Å². The summed E-state index contributed by atoms with van der Waals surface area (Å²) in [6.45, 7) is 1.03. The molecular weight excluding hydrogens is 396 g/mol. The highest BCUT2D eigenvalue weighted by atomic mass is 32.2. The average molecular weight is 418 g/mol. The second-order valence-electron chi connectivity index (χ2n) is 6.48. The maximum absolute atomic E-state index is 12.9. The number of rotatable bonds is 7. The van der Waals surface area contributed by atoms with Crippen LogP contribution in [0.25, 0.3) is 0 Å². The summed E-state index contributed by atoms with van der Waals surface area (Å²) < 4.78 is 38.4. The zero-order chi connectivity index (χ0) is 20.9. The number of carbonyl (C=O) groups is 2. The Hall–Kier alpha value is -2.91. The predicted octanol–water partition coefficient (Wildman–Crippen LogP) is 2.18. The molecule has 3 rings (SSSR count). The van der Waals surface area contributed by atoms with Gasteiger partial charge < -0.3 is 14.8 Å². The molecule has 1 fully saturated rings. The smallest absolute Gasteiger partial charge is 0.339 e. The molecule has 1 atom stereocenters. The van der Waals surface area contributed by atoms with Crippen molar-refractivity contribution in [3.63, 3.8) is 0 Å². The fourth-order valence-electron chi connectivity index (χ4n) is 3.06. The van der Waals surface area contributed by atoms with Crippen molar-refractivity contribution in [3.8, 4) is 0 Å². The molecule has 2 aromatic rings. The van der Waals surface area contributed by atoms with Crippen LogP contribution in [0.2, 0.25) is 0 Å². The first-order valence-electron chi connectivity index (χ1n) is 9.11. The maximum atomic E-state index is 12.9. The van der Waals surface area contributed by atoms with Gasteiger partial charge in [-0.25, -0.2) is 13.2 Å². The molecule has 0 unspecified atom stereocenters. The van der Waals surface area contributed by atoms with Crippen LogP contribution in [0.1, 0.15) is 33.6 Å². The Morgan fingerprint density at radius 1 is 1.10 bits per heavy atom. The second-order valence-corrected chi connectivity index (χ2v) is 8.13. The molecule has 1 amide bonds. The van der Waals surface area contributed by atoms with E-state index in [0.717, 1.165) is 12.8 Å². The molecule has 1 aliphatic rings. The van der Waals surface area contributed by atoms with Gasteiger partial charge in [0.15, 0.2) is 0 Å². The Bertz CT molecular complexity index is 1000. The van der Waals surface area contributed by atoms with E-state index in [-0.39, 0.29) is 27.8 Å². The number of para-hydroxylation sites is 1. The zero-order valence-corrected chi connectivity index (χ0v) is 16.7. The lowest BCUT2D eigenvalue weighted by atomic mass is 10.1. The van der Waals surface area contributed by atoms with E-state index >= 15 is 0 Å². The van der Waals surface area contributed by atoms with Gasteiger partial charge in [0.25, 0.3) is 15.9 Å². The van der Waals surface area contributed by atoms with Crippen molar-refractivity contribution in [1.29, 1.82) is 0 Å². The van der Waals surface area contributed by atoms with Crippen molar-refractivity contribution in [2.24, 2.45) is 0 Å². The van der Waals surface area contributed by atoms with Crippen LogP contribution in [-0.4, -0.2) is 46.7 Å². The lowest BCUT2D eigenvalue weighted by Gasteiger charge is -2.15. The van der Waals surface area contributed by atoms with E-state index in [0.29, 0.717) is 13.2 Å². The summed E-state index contributed by atoms with van der Waals surface area (Å²) in [4.78, 5) is 24.3. The number of hydrogen-bond donors (Lipinski definition) is 2. The van der Waals surface area contributed by atoms with Crippen LogP contribution < -0.4 is 10.0 Å². The van der Waals surface area contributed by atoms with E-state index < -0.39 is 21.9 Å². The number of esters is 1. The first kappa shape index (κ1) is 20.8. The van der Waals surface area contributed by atoms with Crippen LogP contribution in [0.4, 0.5) is 5.69 Å². The number of amides is 1. The molecule has 29 heavy (non-hydrogen) atoms. The summed E-state index contributed by atoms with van der Waals surface area (Å²) in [5.41, 5.74) is 0.185. The fourth-order valence-corrected chi connectivity index (χ4v) is 4.33. The summed E-state index contributed by atoms with van der Waals surface area (Å²) in [6, 6.07) is 12.0. The van der Waals surface area contributed by atoms with Gasteiger partial charge in [-0.3, -0.25) is 9.52 Å². The normalized spacial score (nSPS) is 16.2. The Labute approximate surface area is 169 Å². The van der Waals surface area contributed by atoms with Gasteiger partial charge in [-0.1, -0.05) is 24.3 Å². The van der Waals surface area contributed by atoms with Crippen LogP contribution in [0.15, 0.2) is 53.4 Å². The number of benzene rings is 2. The minimum absolute atomic E-state index is 0.0327. The zero-order valence-electron chi connectivity index (χ0n) is 15.9. The van der Waals surface area contributed by atoms with Crippen LogP contribution in [0.5, 0.6) is 0 Å². The lowest BCUT2D eigenvalue weighted by molar-refractivity contribution is 0.0596. The third-order valence-corrected chi connectivity index (χ3v) is 5.94. The van der Waals surface area contributed by atoms with E-state index in [1.54, 1.807) is 12.1 Å². The largest absolute Gasteiger partial charge is 0.465 e. The first-order valence-corrected chi connectivity index (χ1v) is 10.6. The average Bonchev–Trinajstić information content (AvgIpc) is 3.25. The molecule has 1 aliphatic heterocycles. The van der Waals surface area contributed by atoms with Gasteiger partial charge in [-0.05, 0) is 37.1 Å². The first-order chi connectivity index (χ1) is 13.9. The number of nitrogens with one attached hydrogen (secondary N) is 2. The van der Waals surface area contributed by atoms with Gasteiger partial charge in [-0.15, -0.1) is 0 Å². The van der Waals surface area contributed by atoms with E-state index in [2.05, 4.69) is 14.8 Å². The molecule has 1 saturated heterocycles. The molecule has 8 nitrogen and oxygen atoms in total. The highest BCUT2D eigenvalue weighted by Crippen LogP contribution is 2.23. The molecule has 2 aromatic carbocycles. The van der Waals surface area contributed by atoms with Crippen LogP contribution in [0.3, 0.4) is 0 Å². The molecule has 0 aliphatic carbocycles. The summed E-state index contributed by atoms with van der Waals surface area (Å²) in [7, 11) is -2.97. The molecule has 0 bridgehead atoms. The number of sulfonamides is 1. The minimum Gasteiger partial charge on any atom is -0.465 e. The Balaban J connectivity index is 1.83. The molecule has 0 saturated carbocycles. The number of hydrogen-bond acceptors (Lipinski definition) is 6. The monoisotopic (exact) mass is 418 g/mol. The maximum Gasteiger partial charge on any atom is 0.339 e. The summed E-state index contributed by atoms with van der Waals surface area (Å²) in [5, 5.41) is 2.77. The number of ether oxygens (including phenoxy) is 2. The number of anilines is 1. The number of carbonyl (C=O) groups excluding carboxylic acids is 2. The Morgan fingerprint density at radius 3 is 2.48 bits per heavy atom. The summed E-state index contributed by atoms with van der Waals surface area (Å²) in [6.07, 6.45) is 1.80. The molecule has 0 spiro atoms. The van der Waals surface area contributed by atoms with Crippen molar-refractivity contribution in [2.75, 3.05) is 25.0 Å². The third-order valence-electron chi connectivity index (χ3n) is 4.51. The lowest BCUT2D eigenvalue weighted by Crippen LogP contribution is -2.32. The van der Waals surface area contributed by atoms with Crippen molar-refractivity contribution < 1.29 is 27.5 Å². The van der Waals surface area contributed by atoms with Crippen molar-refractivity contribution in [3.05, 3.63) is 59.7 Å². The topological polar surface area (TPSA) is 111 Å². The molecular formula is C20H22N2O6S. The van der Waals surface area contributed by atoms with Crippen molar-refractivity contribution >= 4 is 27.6 Å². The van der Waals surface area contributed by atoms with Crippen LogP contribution in [0, 0.1) is 0 Å². The molecule has 0 aromatic heterocycles. The van der Waals surface area contributed by atoms with E-state index in [9.17, 15) is 18.0 Å². The molecule has 154 valence electrons. The van der Waals surface area contributed by atoms with E-state index in [1.807, 2.05) is 0 Å². The van der Waals surface area contributed by atoms with Gasteiger partial charge in [0.05, 0.1) is 30.0 Å². The van der Waals surface area contributed by atoms with Gasteiger partial charge in [0, 0.05) is 13.2 Å². The standard InChI is InChI=1S/C20H22N2O6S/c1-27-20(24)16-9-3-5-11-18(16)29(25,26)22-17-10-4-2-8-15(17)19(23)21-13-14-7-6-12-28-14/h2-5,8-11,14,22H,6-7,12-13H2,1H3,(H,21,23)/t14-/m1/s1. The minimum atomic E-state index is -4.14. The van der Waals surface area contributed by atoms with E-state index in [4.69, 9.17) is 4.74 Å². The van der Waals surface area contributed by atoms with Gasteiger partial charge in [0.2, 0.25) is 0 Å². The summed E-state index contributed by atoms with van der Waals surface area (Å²) >= 11 is 0. The van der Waals surface area contributed by atoms with E-state index in [1.165, 1.54) is 43.5 Å². The quantitative estimate of drug-likeness (QED) is 0.667. The highest BCUT2D eigenvalue weighted by Gasteiger charge is 2.25. The molecule has 0 radical (unpaired) electrons. The van der Waals surface area contributed by atoms with Crippen molar-refractivity contribution in [2.45, 2.75) is 23.8 Å². The Morgan fingerprint density at radius 2 is 1.79 bits per heavy atom. The number of methoxy groups -OCH3 is 1. The van der Waals surface area contributed by atoms with Crippen molar-refractivity contribution in [1.82, 2.24) is 5.32 Å². The van der Waals surface area contributed by atoms with Crippen LogP contribution >= 0.6 is 0 Å². The van der Waals surface area contributed by atoms with Gasteiger partial charge in [0.1, 0.15) is 4.90 Å². The fraction of sp³-hybridized carbons (Fsp3) is 0.300. The predicted molar refractivity (Wildman–Crippen MR) is 106 cm³/mol. The Kier molecular flexibility index (Phi) is 6.50. The van der Waals surface area contributed by atoms with Gasteiger partial charge >= 0.3 is 5.97 Å². The molecule has 9 heteroatoms. The molecule has 2 N–H and O–H groups in total. The molecule has 1 heterocycles. The van der Waals surface area contributed by atoms with Gasteiger partial charge in [-0.2, -0.15) is 0 Å². The highest BCUT2D eigenvalue weighted by molar-refractivity contribution is 7.92. The summed E-state index contributed by atoms with van der Waals surface area (Å²) in [5.74, 6) is -1.19. The third kappa shape index (κ3) is 4.93. The SMILES string of the molecule is COC(=O)c1ccccc1S(=O)(=O)Nc1ccccc1C(=O)NC[C@H]1CCCO1.